The third-order valence-electron chi connectivity index (χ3n) is 2.99. The number of esters is 1. The number of thiazole rings is 1. The van der Waals surface area contributed by atoms with Crippen molar-refractivity contribution in [1.29, 1.82) is 0 Å². The number of carbonyl (C=O) groups excluding carboxylic acids is 1. The summed E-state index contributed by atoms with van der Waals surface area (Å²) in [6.45, 7) is 5.74. The average Bonchev–Trinajstić information content (AvgIpc) is 3.08. The van der Waals surface area contributed by atoms with Crippen LogP contribution in [0.4, 0.5) is 0 Å². The monoisotopic (exact) mass is 324 g/mol. The summed E-state index contributed by atoms with van der Waals surface area (Å²) in [4.78, 5) is 17.0. The molecule has 0 aliphatic heterocycles. The van der Waals surface area contributed by atoms with Crippen molar-refractivity contribution >= 4 is 28.6 Å². The number of hydrogen-bond donors (Lipinski definition) is 1. The Kier molecular flexibility index (Phi) is 6.35. The van der Waals surface area contributed by atoms with Gasteiger partial charge in [-0.05, 0) is 55.6 Å². The summed E-state index contributed by atoms with van der Waals surface area (Å²) in [7, 11) is 0. The van der Waals surface area contributed by atoms with Crippen molar-refractivity contribution in [2.75, 3.05) is 13.2 Å². The van der Waals surface area contributed by atoms with E-state index in [1.165, 1.54) is 5.56 Å². The second-order valence-electron chi connectivity index (χ2n) is 4.64. The molecule has 0 saturated heterocycles. The van der Waals surface area contributed by atoms with Gasteiger partial charge >= 0.3 is 5.97 Å². The van der Waals surface area contributed by atoms with E-state index in [2.05, 4.69) is 27.1 Å². The first-order chi connectivity index (χ1) is 10.2. The molecule has 21 heavy (non-hydrogen) atoms. The molecule has 2 rings (SSSR count). The zero-order valence-electron chi connectivity index (χ0n) is 12.3. The lowest BCUT2D eigenvalue weighted by molar-refractivity contribution is 0.0519. The van der Waals surface area contributed by atoms with E-state index in [1.807, 2.05) is 6.92 Å². The van der Waals surface area contributed by atoms with Gasteiger partial charge in [0.25, 0.3) is 0 Å². The largest absolute Gasteiger partial charge is 0.461 e. The standard InChI is InChI=1S/C15H20N2O2S2/c1-3-19-15(18)14-11(2)21-13(17-14)9-16-7-4-5-12-6-8-20-10-12/h6,8,10,16H,3-5,7,9H2,1-2H3. The first kappa shape index (κ1) is 16.1. The van der Waals surface area contributed by atoms with E-state index in [0.29, 0.717) is 18.8 Å². The van der Waals surface area contributed by atoms with Gasteiger partial charge < -0.3 is 10.1 Å². The molecule has 0 unspecified atom stereocenters. The lowest BCUT2D eigenvalue weighted by Gasteiger charge is -2.01. The summed E-state index contributed by atoms with van der Waals surface area (Å²) in [5.41, 5.74) is 1.86. The van der Waals surface area contributed by atoms with Gasteiger partial charge in [0.2, 0.25) is 0 Å². The summed E-state index contributed by atoms with van der Waals surface area (Å²) in [5.74, 6) is -0.324. The van der Waals surface area contributed by atoms with Gasteiger partial charge in [0.15, 0.2) is 5.69 Å². The van der Waals surface area contributed by atoms with Crippen LogP contribution in [0.25, 0.3) is 0 Å². The molecule has 0 aliphatic carbocycles. The number of nitrogens with one attached hydrogen (secondary N) is 1. The molecule has 1 N–H and O–H groups in total. The summed E-state index contributed by atoms with van der Waals surface area (Å²) in [5, 5.41) is 8.61. The topological polar surface area (TPSA) is 51.2 Å². The maximum atomic E-state index is 11.7. The van der Waals surface area contributed by atoms with Crippen molar-refractivity contribution in [1.82, 2.24) is 10.3 Å². The van der Waals surface area contributed by atoms with E-state index in [4.69, 9.17) is 4.74 Å². The maximum absolute atomic E-state index is 11.7. The number of nitrogens with zero attached hydrogens (tertiary/aromatic N) is 1. The highest BCUT2D eigenvalue weighted by molar-refractivity contribution is 7.11. The molecule has 2 aromatic heterocycles. The zero-order valence-corrected chi connectivity index (χ0v) is 14.0. The molecule has 0 amide bonds. The highest BCUT2D eigenvalue weighted by Gasteiger charge is 2.15. The first-order valence-corrected chi connectivity index (χ1v) is 8.82. The Morgan fingerprint density at radius 3 is 3.05 bits per heavy atom. The number of carbonyl (C=O) groups is 1. The second kappa shape index (κ2) is 8.26. The van der Waals surface area contributed by atoms with Crippen LogP contribution in [0.2, 0.25) is 0 Å². The van der Waals surface area contributed by atoms with Crippen LogP contribution in [0.3, 0.4) is 0 Å². The Bertz CT molecular complexity index is 564. The normalized spacial score (nSPS) is 10.8. The van der Waals surface area contributed by atoms with Gasteiger partial charge in [-0.15, -0.1) is 11.3 Å². The fraction of sp³-hybridized carbons (Fsp3) is 0.467. The van der Waals surface area contributed by atoms with Gasteiger partial charge in [-0.25, -0.2) is 9.78 Å². The van der Waals surface area contributed by atoms with E-state index in [0.717, 1.165) is 29.3 Å². The minimum Gasteiger partial charge on any atom is -0.461 e. The predicted molar refractivity (Wildman–Crippen MR) is 87.2 cm³/mol. The van der Waals surface area contributed by atoms with E-state index in [-0.39, 0.29) is 5.97 Å². The number of rotatable bonds is 8. The molecule has 0 spiro atoms. The van der Waals surface area contributed by atoms with E-state index in [1.54, 1.807) is 29.6 Å². The average molecular weight is 324 g/mol. The molecule has 0 radical (unpaired) electrons. The van der Waals surface area contributed by atoms with Crippen LogP contribution in [0.1, 0.15) is 39.3 Å². The van der Waals surface area contributed by atoms with Crippen LogP contribution < -0.4 is 5.32 Å². The number of ether oxygens (including phenoxy) is 1. The molecule has 0 saturated carbocycles. The maximum Gasteiger partial charge on any atom is 0.358 e. The summed E-state index contributed by atoms with van der Waals surface area (Å²) in [6.07, 6.45) is 2.20. The van der Waals surface area contributed by atoms with Crippen molar-refractivity contribution in [2.45, 2.75) is 33.2 Å². The number of aryl methyl sites for hydroxylation is 2. The molecule has 0 aliphatic rings. The molecule has 0 aromatic carbocycles. The van der Waals surface area contributed by atoms with E-state index in [9.17, 15) is 4.79 Å². The van der Waals surface area contributed by atoms with Gasteiger partial charge in [0, 0.05) is 11.4 Å². The molecule has 0 atom stereocenters. The van der Waals surface area contributed by atoms with E-state index < -0.39 is 0 Å². The van der Waals surface area contributed by atoms with Crippen LogP contribution in [0.5, 0.6) is 0 Å². The van der Waals surface area contributed by atoms with Gasteiger partial charge in [0.05, 0.1) is 6.61 Å². The zero-order chi connectivity index (χ0) is 15.1. The van der Waals surface area contributed by atoms with Crippen molar-refractivity contribution in [2.24, 2.45) is 0 Å². The van der Waals surface area contributed by atoms with E-state index >= 15 is 0 Å². The highest BCUT2D eigenvalue weighted by Crippen LogP contribution is 2.18. The first-order valence-electron chi connectivity index (χ1n) is 7.06. The second-order valence-corrected chi connectivity index (χ2v) is 6.71. The summed E-state index contributed by atoms with van der Waals surface area (Å²) >= 11 is 3.29. The van der Waals surface area contributed by atoms with Gasteiger partial charge in [-0.1, -0.05) is 0 Å². The molecule has 2 aromatic rings. The Morgan fingerprint density at radius 1 is 1.48 bits per heavy atom. The van der Waals surface area contributed by atoms with Crippen LogP contribution in [0.15, 0.2) is 16.8 Å². The Balaban J connectivity index is 1.73. The number of hydrogen-bond acceptors (Lipinski definition) is 6. The van der Waals surface area contributed by atoms with Gasteiger partial charge in [-0.2, -0.15) is 11.3 Å². The predicted octanol–water partition coefficient (Wildman–Crippen LogP) is 3.41. The third kappa shape index (κ3) is 4.91. The van der Waals surface area contributed by atoms with Gasteiger partial charge in [0.1, 0.15) is 5.01 Å². The SMILES string of the molecule is CCOC(=O)c1nc(CNCCCc2ccsc2)sc1C. The van der Waals surface area contributed by atoms with Crippen LogP contribution in [-0.4, -0.2) is 24.1 Å². The molecule has 6 heteroatoms. The molecule has 4 nitrogen and oxygen atoms in total. The lowest BCUT2D eigenvalue weighted by Crippen LogP contribution is -2.15. The Labute approximate surface area is 133 Å². The Hall–Kier alpha value is -1.24. The molecular weight excluding hydrogens is 304 g/mol. The van der Waals surface area contributed by atoms with Crippen molar-refractivity contribution in [3.63, 3.8) is 0 Å². The number of thiophene rings is 1. The minimum atomic E-state index is -0.324. The Morgan fingerprint density at radius 2 is 2.33 bits per heavy atom. The molecule has 2 heterocycles. The minimum absolute atomic E-state index is 0.324. The molecule has 114 valence electrons. The van der Waals surface area contributed by atoms with Crippen LogP contribution in [0, 0.1) is 6.92 Å². The smallest absolute Gasteiger partial charge is 0.358 e. The molecular formula is C15H20N2O2S2. The quantitative estimate of drug-likeness (QED) is 0.597. The third-order valence-corrected chi connectivity index (χ3v) is 4.69. The molecule has 0 fully saturated rings. The number of aromatic nitrogens is 1. The van der Waals surface area contributed by atoms with Crippen LogP contribution >= 0.6 is 22.7 Å². The highest BCUT2D eigenvalue weighted by atomic mass is 32.1. The van der Waals surface area contributed by atoms with Crippen molar-refractivity contribution < 1.29 is 9.53 Å². The fourth-order valence-electron chi connectivity index (χ4n) is 1.96. The van der Waals surface area contributed by atoms with Crippen molar-refractivity contribution in [3.8, 4) is 0 Å². The van der Waals surface area contributed by atoms with Gasteiger partial charge in [-0.3, -0.25) is 0 Å². The lowest BCUT2D eigenvalue weighted by atomic mass is 10.2. The van der Waals surface area contributed by atoms with Crippen molar-refractivity contribution in [3.05, 3.63) is 38.0 Å². The molecule has 0 bridgehead atoms. The summed E-state index contributed by atoms with van der Waals surface area (Å²) < 4.78 is 4.99. The van der Waals surface area contributed by atoms with Crippen LogP contribution in [-0.2, 0) is 17.7 Å². The summed E-state index contributed by atoms with van der Waals surface area (Å²) in [6, 6.07) is 2.17. The fourth-order valence-corrected chi connectivity index (χ4v) is 3.56.